The van der Waals surface area contributed by atoms with E-state index in [1.165, 1.54) is 13.8 Å². The van der Waals surface area contributed by atoms with Crippen LogP contribution in [0.15, 0.2) is 50.4 Å². The van der Waals surface area contributed by atoms with E-state index in [0.717, 1.165) is 0 Å². The minimum atomic E-state index is -1.82. The van der Waals surface area contributed by atoms with Crippen molar-refractivity contribution in [2.24, 2.45) is 77.5 Å². The molecule has 0 bridgehead atoms. The highest BCUT2D eigenvalue weighted by Gasteiger charge is 2.37. The molecule has 1 saturated heterocycles. The largest absolute Gasteiger partial charge is 0.394 e. The SMILES string of the molecule is CC(C)[C@@H]1NC(=O)[C@H](CO)NC(=O)[C@H](CCCN=C(N)N)NC(=O)[C@H](CCCN=C(N)N)NC(=O)[C@H](CCCN=C(N)N)NC(=O)[C@H](CCCN=C(N)N)NC(=O)CNC(=O)[C@H](CS)NC(=O)[C@H](Cc2c[nH]c3ccccc23)NC(=O)[C@H](CCC(N)=O)NC1=O. The van der Waals surface area contributed by atoms with Crippen LogP contribution in [0, 0.1) is 5.92 Å². The number of aliphatic hydroxyl groups is 1. The van der Waals surface area contributed by atoms with Crippen molar-refractivity contribution in [3.63, 3.8) is 0 Å². The second kappa shape index (κ2) is 38.6. The first-order chi connectivity index (χ1) is 42.6. The van der Waals surface area contributed by atoms with Crippen LogP contribution < -0.4 is 105 Å². The fourth-order valence-corrected chi connectivity index (χ4v) is 9.24. The maximum absolute atomic E-state index is 14.5. The minimum Gasteiger partial charge on any atom is -0.394 e. The molecule has 1 aliphatic heterocycles. The smallest absolute Gasteiger partial charge is 0.245 e. The Balaban J connectivity index is 2.25. The number of nitrogens with one attached hydrogen (secondary N) is 11. The molecule has 9 atom stereocenters. The van der Waals surface area contributed by atoms with Crippen molar-refractivity contribution >= 4 is 112 Å². The zero-order valence-electron chi connectivity index (χ0n) is 50.3. The molecule has 0 unspecified atom stereocenters. The molecule has 2 aromatic rings. The van der Waals surface area contributed by atoms with E-state index < -0.39 is 151 Å². The van der Waals surface area contributed by atoms with Crippen molar-refractivity contribution in [2.75, 3.05) is 45.1 Å². The quantitative estimate of drug-likeness (QED) is 0.0201. The number of primary amides is 1. The molecular formula is C53H88N24O12S. The normalized spacial score (nSPS) is 22.5. The van der Waals surface area contributed by atoms with Crippen LogP contribution in [0.4, 0.5) is 0 Å². The van der Waals surface area contributed by atoms with Gasteiger partial charge in [-0.2, -0.15) is 12.6 Å². The molecule has 0 radical (unpaired) electrons. The third-order valence-electron chi connectivity index (χ3n) is 13.7. The zero-order chi connectivity index (χ0) is 67.0. The third kappa shape index (κ3) is 26.7. The summed E-state index contributed by atoms with van der Waals surface area (Å²) >= 11 is 4.28. The molecule has 90 heavy (non-hydrogen) atoms. The van der Waals surface area contributed by atoms with Gasteiger partial charge in [0.1, 0.15) is 54.4 Å². The van der Waals surface area contributed by atoms with Gasteiger partial charge in [-0.3, -0.25) is 72.7 Å². The van der Waals surface area contributed by atoms with E-state index in [-0.39, 0.29) is 114 Å². The van der Waals surface area contributed by atoms with Gasteiger partial charge in [-0.15, -0.1) is 0 Å². The summed E-state index contributed by atoms with van der Waals surface area (Å²) in [5.41, 5.74) is 51.0. The lowest BCUT2D eigenvalue weighted by Crippen LogP contribution is -2.62. The number of nitrogens with zero attached hydrogens (tertiary/aromatic N) is 4. The number of para-hydroxylation sites is 1. The van der Waals surface area contributed by atoms with Gasteiger partial charge in [-0.05, 0) is 75.3 Å². The average Bonchev–Trinajstić information content (AvgIpc) is 1.70. The Bertz CT molecular complexity index is 2920. The molecule has 1 aromatic carbocycles. The average molecular weight is 1290 g/mol. The van der Waals surface area contributed by atoms with Crippen molar-refractivity contribution in [1.29, 1.82) is 0 Å². The minimum absolute atomic E-state index is 0.0225. The van der Waals surface area contributed by atoms with E-state index in [4.69, 9.17) is 51.6 Å². The first-order valence-electron chi connectivity index (χ1n) is 28.9. The molecular weight excluding hydrogens is 1200 g/mol. The van der Waals surface area contributed by atoms with E-state index in [0.29, 0.717) is 16.5 Å². The number of nitrogens with two attached hydrogens (primary N) is 9. The molecule has 36 nitrogen and oxygen atoms in total. The van der Waals surface area contributed by atoms with Gasteiger partial charge in [-0.1, -0.05) is 32.0 Å². The van der Waals surface area contributed by atoms with Crippen molar-refractivity contribution in [3.05, 3.63) is 36.0 Å². The number of aliphatic imine (C=N–C) groups is 4. The van der Waals surface area contributed by atoms with Crippen molar-refractivity contribution in [3.8, 4) is 0 Å². The summed E-state index contributed by atoms with van der Waals surface area (Å²) in [5.74, 6) is -13.0. The van der Waals surface area contributed by atoms with Crippen molar-refractivity contribution in [2.45, 2.75) is 139 Å². The molecule has 37 heteroatoms. The van der Waals surface area contributed by atoms with Gasteiger partial charge in [-0.25, -0.2) is 0 Å². The van der Waals surface area contributed by atoms with Crippen LogP contribution >= 0.6 is 12.6 Å². The highest BCUT2D eigenvalue weighted by Crippen LogP contribution is 2.20. The lowest BCUT2D eigenvalue weighted by Gasteiger charge is -2.29. The number of thiol groups is 1. The van der Waals surface area contributed by atoms with E-state index in [1.807, 2.05) is 0 Å². The predicted molar refractivity (Wildman–Crippen MR) is 336 cm³/mol. The Morgan fingerprint density at radius 1 is 0.500 bits per heavy atom. The third-order valence-corrected chi connectivity index (χ3v) is 14.0. The number of aliphatic hydroxyl groups excluding tert-OH is 1. The van der Waals surface area contributed by atoms with Crippen molar-refractivity contribution in [1.82, 2.24) is 58.2 Å². The van der Waals surface area contributed by atoms with Gasteiger partial charge < -0.3 is 115 Å². The highest BCUT2D eigenvalue weighted by atomic mass is 32.1. The molecule has 30 N–H and O–H groups in total. The molecule has 1 fully saturated rings. The molecule has 0 aliphatic carbocycles. The maximum Gasteiger partial charge on any atom is 0.245 e. The van der Waals surface area contributed by atoms with Crippen LogP contribution in [0.3, 0.4) is 0 Å². The zero-order valence-corrected chi connectivity index (χ0v) is 51.2. The number of benzene rings is 1. The van der Waals surface area contributed by atoms with Gasteiger partial charge in [0.25, 0.3) is 0 Å². The number of guanidine groups is 4. The number of carbonyl (C=O) groups excluding carboxylic acids is 11. The Morgan fingerprint density at radius 3 is 1.30 bits per heavy atom. The lowest BCUT2D eigenvalue weighted by molar-refractivity contribution is -0.137. The number of hydrogen-bond acceptors (Lipinski definition) is 17. The first-order valence-corrected chi connectivity index (χ1v) is 29.5. The second-order valence-corrected chi connectivity index (χ2v) is 21.6. The number of amides is 11. The van der Waals surface area contributed by atoms with E-state index in [9.17, 15) is 57.8 Å². The standard InChI is InChI=1S/C53H88N24O12S/c1-26(2)40-49(89)73-34(15-16-38(54)79)46(86)74-35(21-27-22-67-29-10-4-3-9-28(27)29)47(87)76-37(25-90)41(81)68-23-39(80)69-30(11-5-17-63-50(55)56)42(82)70-31(12-6-18-64-51(57)58)43(83)71-32(13-7-19-65-52(59)60)44(84)72-33(14-8-20-66-53(61)62)45(85)75-36(24-78)48(88)77-40/h3-4,9-10,22,26,30-37,40,67,78,90H,5-8,11-21,23-25H2,1-2H3,(H2,54,79)(H,68,81)(H,69,80)(H,70,82)(H,71,83)(H,72,84)(H,73,89)(H,74,86)(H,75,85)(H,76,87)(H,77,88)(H4,55,56,63)(H4,57,58,64)(H4,59,60,65)(H4,61,62,66)/t30-,31-,32-,33-,34-,35-,36-,37-,40-/m0/s1. The summed E-state index contributed by atoms with van der Waals surface area (Å²) in [6.07, 6.45) is -0.0854. The number of rotatable bonds is 24. The monoisotopic (exact) mass is 1280 g/mol. The van der Waals surface area contributed by atoms with E-state index in [1.54, 1.807) is 30.5 Å². The molecule has 3 rings (SSSR count). The molecule has 498 valence electrons. The molecule has 0 saturated carbocycles. The van der Waals surface area contributed by atoms with Gasteiger partial charge >= 0.3 is 0 Å². The number of aromatic amines is 1. The Morgan fingerprint density at radius 2 is 0.878 bits per heavy atom. The first kappa shape index (κ1) is 74.6. The molecule has 1 aliphatic rings. The lowest BCUT2D eigenvalue weighted by atomic mass is 10.0. The Labute approximate surface area is 524 Å². The number of carbonyl (C=O) groups is 11. The maximum atomic E-state index is 14.5. The summed E-state index contributed by atoms with van der Waals surface area (Å²) in [6, 6.07) is -7.00. The molecule has 11 amide bonds. The predicted octanol–water partition coefficient (Wildman–Crippen LogP) is -8.74. The summed E-state index contributed by atoms with van der Waals surface area (Å²) < 4.78 is 0. The number of H-pyrrole nitrogens is 1. The van der Waals surface area contributed by atoms with Gasteiger partial charge in [0.15, 0.2) is 23.8 Å². The van der Waals surface area contributed by atoms with E-state index in [2.05, 4.69) is 90.8 Å². The summed E-state index contributed by atoms with van der Waals surface area (Å²) in [7, 11) is 0. The molecule has 2 heterocycles. The van der Waals surface area contributed by atoms with Crippen LogP contribution in [-0.2, 0) is 59.2 Å². The molecule has 1 aromatic heterocycles. The summed E-state index contributed by atoms with van der Waals surface area (Å²) in [5, 5.41) is 36.5. The van der Waals surface area contributed by atoms with Crippen LogP contribution in [0.5, 0.6) is 0 Å². The van der Waals surface area contributed by atoms with Crippen LogP contribution in [0.2, 0.25) is 0 Å². The van der Waals surface area contributed by atoms with Crippen LogP contribution in [0.1, 0.15) is 83.6 Å². The topological polar surface area (TPSA) is 628 Å². The fourth-order valence-electron chi connectivity index (χ4n) is 8.98. The highest BCUT2D eigenvalue weighted by molar-refractivity contribution is 7.80. The van der Waals surface area contributed by atoms with Gasteiger partial charge in [0.05, 0.1) is 13.2 Å². The molecule has 0 spiro atoms. The van der Waals surface area contributed by atoms with Gasteiger partial charge in [0.2, 0.25) is 65.0 Å². The van der Waals surface area contributed by atoms with Gasteiger partial charge in [0, 0.05) is 61.9 Å². The second-order valence-electron chi connectivity index (χ2n) is 21.2. The number of aromatic nitrogens is 1. The number of hydrogen-bond donors (Lipinski definition) is 22. The van der Waals surface area contributed by atoms with Crippen LogP contribution in [-0.4, -0.2) is 198 Å². The Kier molecular flexibility index (Phi) is 32.0. The Hall–Kier alpha value is -9.68. The summed E-state index contributed by atoms with van der Waals surface area (Å²) in [6.45, 7) is 1.01. The fraction of sp³-hybridized carbons (Fsp3) is 0.566. The number of fused-ring (bicyclic) bond motifs is 1. The van der Waals surface area contributed by atoms with E-state index >= 15 is 0 Å². The van der Waals surface area contributed by atoms with Crippen molar-refractivity contribution < 1.29 is 57.8 Å². The summed E-state index contributed by atoms with van der Waals surface area (Å²) in [4.78, 5) is 173. The van der Waals surface area contributed by atoms with Crippen LogP contribution in [0.25, 0.3) is 10.9 Å².